The molecule has 270 valence electrons. The van der Waals surface area contributed by atoms with Gasteiger partial charge in [-0.1, -0.05) is 42.5 Å². The lowest BCUT2D eigenvalue weighted by Gasteiger charge is -2.38. The molecule has 3 heterocycles. The third kappa shape index (κ3) is 7.38. The highest BCUT2D eigenvalue weighted by Crippen LogP contribution is 2.46. The van der Waals surface area contributed by atoms with Crippen LogP contribution in [-0.4, -0.2) is 111 Å². The zero-order valence-corrected chi connectivity index (χ0v) is 29.9. The minimum atomic E-state index is -3.68. The van der Waals surface area contributed by atoms with Gasteiger partial charge in [-0.15, -0.1) is 0 Å². The Kier molecular flexibility index (Phi) is 10.1. The van der Waals surface area contributed by atoms with E-state index in [2.05, 4.69) is 34.5 Å². The van der Waals surface area contributed by atoms with Gasteiger partial charge < -0.3 is 25.0 Å². The minimum Gasteiger partial charge on any atom is -0.491 e. The van der Waals surface area contributed by atoms with Gasteiger partial charge in [0.1, 0.15) is 18.5 Å². The van der Waals surface area contributed by atoms with Crippen molar-refractivity contribution in [1.82, 2.24) is 14.5 Å². The molecular formula is C37H47N3O8S2. The van der Waals surface area contributed by atoms with Crippen LogP contribution in [0, 0.1) is 0 Å². The number of benzene rings is 3. The Bertz CT molecular complexity index is 1870. The second kappa shape index (κ2) is 14.3. The highest BCUT2D eigenvalue weighted by molar-refractivity contribution is 7.93. The van der Waals surface area contributed by atoms with E-state index in [1.54, 1.807) is 34.6 Å². The molecule has 11 nitrogen and oxygen atoms in total. The maximum Gasteiger partial charge on any atom is 0.243 e. The van der Waals surface area contributed by atoms with Crippen LogP contribution in [0.15, 0.2) is 82.6 Å². The van der Waals surface area contributed by atoms with Crippen LogP contribution in [0.4, 0.5) is 0 Å². The van der Waals surface area contributed by atoms with Crippen LogP contribution < -0.4 is 10.1 Å². The summed E-state index contributed by atoms with van der Waals surface area (Å²) in [5, 5.41) is 23.6. The van der Waals surface area contributed by atoms with Crippen LogP contribution in [0.3, 0.4) is 0 Å². The second-order valence-electron chi connectivity index (χ2n) is 14.3. The standard InChI is InChI=1S/C37H47N3O8S2/c41-27-37(12-13-37)49(43,44)34-6-2-5-33(21-34)47-26-32(42)23-38-31-22-36(48-25-31)14-18-40(19-15-36)50(45,46)35-7-1-4-30(20-35)29-10-8-28(9-11-29)24-39-16-3-17-39/h1-2,4-11,20-21,31-32,38,41-42H,3,12-19,22-27H2/t31-,32-/m0/s1. The molecule has 50 heavy (non-hydrogen) atoms. The second-order valence-corrected chi connectivity index (χ2v) is 18.6. The number of likely N-dealkylation sites (tertiary alicyclic amines) is 1. The first kappa shape index (κ1) is 35.5. The van der Waals surface area contributed by atoms with Gasteiger partial charge in [-0.3, -0.25) is 4.90 Å². The number of rotatable bonds is 14. The summed E-state index contributed by atoms with van der Waals surface area (Å²) >= 11 is 0. The van der Waals surface area contributed by atoms with E-state index in [1.165, 1.54) is 24.1 Å². The van der Waals surface area contributed by atoms with Crippen molar-refractivity contribution in [1.29, 1.82) is 0 Å². The summed E-state index contributed by atoms with van der Waals surface area (Å²) in [4.78, 5) is 2.81. The Labute approximate surface area is 295 Å². The Morgan fingerprint density at radius 3 is 2.28 bits per heavy atom. The lowest BCUT2D eigenvalue weighted by Crippen LogP contribution is -2.47. The van der Waals surface area contributed by atoms with Crippen LogP contribution in [0.25, 0.3) is 11.1 Å². The molecule has 13 heteroatoms. The van der Waals surface area contributed by atoms with E-state index >= 15 is 0 Å². The van der Waals surface area contributed by atoms with Crippen molar-refractivity contribution in [3.8, 4) is 16.9 Å². The van der Waals surface area contributed by atoms with Gasteiger partial charge in [0.2, 0.25) is 10.0 Å². The topological polar surface area (TPSA) is 146 Å². The quantitative estimate of drug-likeness (QED) is 0.227. The van der Waals surface area contributed by atoms with Crippen LogP contribution in [0.1, 0.15) is 44.1 Å². The number of piperidine rings is 1. The van der Waals surface area contributed by atoms with E-state index in [1.807, 2.05) is 6.07 Å². The van der Waals surface area contributed by atoms with Gasteiger partial charge in [-0.25, -0.2) is 16.8 Å². The number of sulfonamides is 1. The van der Waals surface area contributed by atoms with Crippen molar-refractivity contribution in [3.05, 3.63) is 78.4 Å². The summed E-state index contributed by atoms with van der Waals surface area (Å²) in [6, 6.07) is 21.8. The molecule has 2 atom stereocenters. The molecule has 3 saturated heterocycles. The summed E-state index contributed by atoms with van der Waals surface area (Å²) in [5.41, 5.74) is 2.72. The van der Waals surface area contributed by atoms with E-state index < -0.39 is 42.9 Å². The molecule has 0 aromatic heterocycles. The monoisotopic (exact) mass is 725 g/mol. The fourth-order valence-corrected chi connectivity index (χ4v) is 10.6. The predicted octanol–water partition coefficient (Wildman–Crippen LogP) is 3.20. The van der Waals surface area contributed by atoms with E-state index in [-0.39, 0.29) is 24.1 Å². The third-order valence-electron chi connectivity index (χ3n) is 10.8. The van der Waals surface area contributed by atoms with Crippen LogP contribution >= 0.6 is 0 Å². The van der Waals surface area contributed by atoms with Crippen LogP contribution in [0.2, 0.25) is 0 Å². The molecule has 1 saturated carbocycles. The van der Waals surface area contributed by atoms with E-state index in [0.717, 1.165) is 30.8 Å². The maximum atomic E-state index is 13.7. The number of hydrogen-bond donors (Lipinski definition) is 3. The van der Waals surface area contributed by atoms with Gasteiger partial charge in [-0.2, -0.15) is 4.31 Å². The number of hydrogen-bond acceptors (Lipinski definition) is 10. The predicted molar refractivity (Wildman–Crippen MR) is 189 cm³/mol. The van der Waals surface area contributed by atoms with Gasteiger partial charge in [0.05, 0.1) is 33.4 Å². The summed E-state index contributed by atoms with van der Waals surface area (Å²) in [5.74, 6) is 0.335. The fourth-order valence-electron chi connectivity index (χ4n) is 7.23. The minimum absolute atomic E-state index is 0.00321. The average molecular weight is 726 g/mol. The average Bonchev–Trinajstić information content (AvgIpc) is 3.84. The Hall–Kier alpha value is -2.88. The number of sulfone groups is 1. The van der Waals surface area contributed by atoms with Gasteiger partial charge >= 0.3 is 0 Å². The van der Waals surface area contributed by atoms with E-state index in [4.69, 9.17) is 9.47 Å². The summed E-state index contributed by atoms with van der Waals surface area (Å²) in [6.45, 7) is 4.27. The van der Waals surface area contributed by atoms with Crippen LogP contribution in [-0.2, 0) is 31.1 Å². The number of aliphatic hydroxyl groups excluding tert-OH is 2. The molecule has 0 bridgehead atoms. The van der Waals surface area contributed by atoms with Gasteiger partial charge in [0.15, 0.2) is 9.84 Å². The molecule has 0 amide bonds. The van der Waals surface area contributed by atoms with Crippen LogP contribution in [0.5, 0.6) is 5.75 Å². The van der Waals surface area contributed by atoms with Gasteiger partial charge in [0, 0.05) is 32.2 Å². The maximum absolute atomic E-state index is 13.7. The molecule has 0 radical (unpaired) electrons. The zero-order chi connectivity index (χ0) is 35.0. The van der Waals surface area contributed by atoms with Crippen molar-refractivity contribution in [2.24, 2.45) is 0 Å². The fraction of sp³-hybridized carbons (Fsp3) is 0.514. The Morgan fingerprint density at radius 1 is 0.880 bits per heavy atom. The molecule has 4 fully saturated rings. The SMILES string of the molecule is O=S(=O)(c1cccc(-c2ccc(CN3CCC3)cc2)c1)N1CCC2(CC1)C[C@H](NC[C@H](O)COc1cccc(S(=O)(=O)C3(CO)CC3)c1)CO2. The van der Waals surface area contributed by atoms with Crippen molar-refractivity contribution >= 4 is 19.9 Å². The molecule has 1 spiro atoms. The molecule has 3 aliphatic heterocycles. The Balaban J connectivity index is 0.876. The molecule has 7 rings (SSSR count). The molecular weight excluding hydrogens is 679 g/mol. The van der Waals surface area contributed by atoms with Crippen molar-refractivity contribution in [2.75, 3.05) is 52.5 Å². The Morgan fingerprint density at radius 2 is 1.60 bits per heavy atom. The van der Waals surface area contributed by atoms with Crippen molar-refractivity contribution < 1.29 is 36.5 Å². The largest absolute Gasteiger partial charge is 0.491 e. The van der Waals surface area contributed by atoms with Gasteiger partial charge in [0.25, 0.3) is 0 Å². The lowest BCUT2D eigenvalue weighted by molar-refractivity contribution is -0.0312. The lowest BCUT2D eigenvalue weighted by atomic mass is 9.88. The molecule has 4 aliphatic rings. The van der Waals surface area contributed by atoms with E-state index in [9.17, 15) is 27.0 Å². The summed E-state index contributed by atoms with van der Waals surface area (Å²) in [6.07, 6.45) is 3.18. The third-order valence-corrected chi connectivity index (χ3v) is 15.3. The highest BCUT2D eigenvalue weighted by Gasteiger charge is 2.54. The first-order valence-electron chi connectivity index (χ1n) is 17.6. The molecule has 3 aromatic rings. The summed E-state index contributed by atoms with van der Waals surface area (Å²) in [7, 11) is -7.35. The number of ether oxygens (including phenoxy) is 2. The van der Waals surface area contributed by atoms with Crippen molar-refractivity contribution in [2.45, 2.75) is 77.4 Å². The number of nitrogens with one attached hydrogen (secondary N) is 1. The van der Waals surface area contributed by atoms with E-state index in [0.29, 0.717) is 62.4 Å². The summed E-state index contributed by atoms with van der Waals surface area (Å²) < 4.78 is 65.7. The normalized spacial score (nSPS) is 22.6. The first-order chi connectivity index (χ1) is 24.0. The van der Waals surface area contributed by atoms with Gasteiger partial charge in [-0.05, 0) is 98.6 Å². The van der Waals surface area contributed by atoms with Crippen molar-refractivity contribution in [3.63, 3.8) is 0 Å². The smallest absolute Gasteiger partial charge is 0.243 e. The zero-order valence-electron chi connectivity index (χ0n) is 28.2. The first-order valence-corrected chi connectivity index (χ1v) is 20.5. The number of nitrogens with zero attached hydrogens (tertiary/aromatic N) is 2. The molecule has 3 N–H and O–H groups in total. The highest BCUT2D eigenvalue weighted by atomic mass is 32.2. The molecule has 3 aromatic carbocycles. The molecule has 0 unspecified atom stereocenters. The molecule has 1 aliphatic carbocycles. The number of aliphatic hydroxyl groups is 2.